The van der Waals surface area contributed by atoms with Crippen LogP contribution in [0.4, 0.5) is 0 Å². The van der Waals surface area contributed by atoms with Crippen molar-refractivity contribution in [1.82, 2.24) is 0 Å². The molecular weight excluding hydrogens is 380 g/mol. The second-order valence-electron chi connectivity index (χ2n) is 11.8. The molecule has 0 heterocycles. The van der Waals surface area contributed by atoms with Crippen LogP contribution in [0.15, 0.2) is 0 Å². The van der Waals surface area contributed by atoms with Crippen LogP contribution in [0.25, 0.3) is 0 Å². The molecule has 5 unspecified atom stereocenters. The molecule has 5 heteroatoms. The van der Waals surface area contributed by atoms with Crippen molar-refractivity contribution in [3.63, 3.8) is 0 Å². The van der Waals surface area contributed by atoms with Gasteiger partial charge < -0.3 is 20.4 Å². The van der Waals surface area contributed by atoms with Crippen LogP contribution in [0.5, 0.6) is 0 Å². The van der Waals surface area contributed by atoms with Gasteiger partial charge in [-0.3, -0.25) is 4.79 Å². The molecule has 0 saturated heterocycles. The molecule has 0 radical (unpaired) electrons. The maximum absolute atomic E-state index is 11.7. The fourth-order valence-electron chi connectivity index (χ4n) is 9.46. The third-order valence-corrected chi connectivity index (χ3v) is 10.6. The molecular formula is C25H42O5. The Balaban J connectivity index is 1.71. The summed E-state index contributed by atoms with van der Waals surface area (Å²) >= 11 is 0. The van der Waals surface area contributed by atoms with Crippen LogP contribution in [0, 0.1) is 52.3 Å². The predicted octanol–water partition coefficient (Wildman–Crippen LogP) is 3.69. The van der Waals surface area contributed by atoms with E-state index in [1.807, 2.05) is 0 Å². The first-order chi connectivity index (χ1) is 14.0. The molecule has 5 nitrogen and oxygen atoms in total. The van der Waals surface area contributed by atoms with Gasteiger partial charge >= 0.3 is 5.97 Å². The number of aliphatic carboxylic acids is 1. The Labute approximate surface area is 181 Å². The summed E-state index contributed by atoms with van der Waals surface area (Å²) in [6.07, 6.45) is 5.04. The van der Waals surface area contributed by atoms with Gasteiger partial charge in [-0.1, -0.05) is 34.1 Å². The van der Waals surface area contributed by atoms with E-state index < -0.39 is 18.2 Å². The van der Waals surface area contributed by atoms with Gasteiger partial charge in [-0.25, -0.2) is 0 Å². The highest BCUT2D eigenvalue weighted by Crippen LogP contribution is 2.69. The van der Waals surface area contributed by atoms with E-state index in [0.717, 1.165) is 38.5 Å². The molecule has 0 aromatic heterocycles. The lowest BCUT2D eigenvalue weighted by atomic mass is 9.40. The predicted molar refractivity (Wildman–Crippen MR) is 115 cm³/mol. The standard InChI is InChI=1S/C25H42O5/c1-5-15-18-11-14(26)8-9-24(18,3)22-19(27)12-25(4)16(13(2)10-20(28)29)6-7-17(25)21(22)23(15)30/h13-19,21-23,26-27,30H,5-12H2,1-4H3,(H,28,29)/t13-,14-,15-,16-,17?,18+,19?,21?,22?,23?,24+,25-/m1/s1. The summed E-state index contributed by atoms with van der Waals surface area (Å²) < 4.78 is 0. The monoisotopic (exact) mass is 422 g/mol. The first-order valence-electron chi connectivity index (χ1n) is 12.3. The number of fused-ring (bicyclic) bond motifs is 5. The molecule has 172 valence electrons. The van der Waals surface area contributed by atoms with Crippen LogP contribution in [0.3, 0.4) is 0 Å². The van der Waals surface area contributed by atoms with E-state index in [2.05, 4.69) is 27.7 Å². The van der Waals surface area contributed by atoms with Gasteiger partial charge in [-0.15, -0.1) is 0 Å². The van der Waals surface area contributed by atoms with Crippen molar-refractivity contribution in [2.45, 2.75) is 97.4 Å². The van der Waals surface area contributed by atoms with Gasteiger partial charge in [0.2, 0.25) is 0 Å². The van der Waals surface area contributed by atoms with E-state index in [1.54, 1.807) is 0 Å². The van der Waals surface area contributed by atoms with Gasteiger partial charge in [-0.05, 0) is 90.8 Å². The molecule has 0 aromatic carbocycles. The minimum atomic E-state index is -0.747. The van der Waals surface area contributed by atoms with Crippen molar-refractivity contribution in [3.8, 4) is 0 Å². The van der Waals surface area contributed by atoms with E-state index in [9.17, 15) is 25.2 Å². The molecule has 4 aliphatic carbocycles. The molecule has 0 spiro atoms. The Morgan fingerprint density at radius 2 is 1.77 bits per heavy atom. The molecule has 4 aliphatic rings. The number of hydrogen-bond acceptors (Lipinski definition) is 4. The van der Waals surface area contributed by atoms with Crippen molar-refractivity contribution >= 4 is 5.97 Å². The Kier molecular flexibility index (Phi) is 5.81. The molecule has 4 fully saturated rings. The lowest BCUT2D eigenvalue weighted by molar-refractivity contribution is -0.235. The molecule has 30 heavy (non-hydrogen) atoms. The van der Waals surface area contributed by atoms with Crippen molar-refractivity contribution in [2.24, 2.45) is 52.3 Å². The zero-order chi connectivity index (χ0) is 22.0. The lowest BCUT2D eigenvalue weighted by Crippen LogP contribution is -2.65. The highest BCUT2D eigenvalue weighted by molar-refractivity contribution is 5.67. The first-order valence-corrected chi connectivity index (χ1v) is 12.3. The fraction of sp³-hybridized carbons (Fsp3) is 0.960. The SMILES string of the molecule is CC[C@H]1C(O)C2C3CC[C@H]([C@H](C)CC(=O)O)[C@@]3(C)CC(O)C2[C@@]2(C)CC[C@@H](O)C[C@@H]12. The minimum Gasteiger partial charge on any atom is -0.481 e. The minimum absolute atomic E-state index is 0.0463. The van der Waals surface area contributed by atoms with Crippen molar-refractivity contribution in [1.29, 1.82) is 0 Å². The van der Waals surface area contributed by atoms with E-state index in [-0.39, 0.29) is 58.9 Å². The molecule has 0 amide bonds. The average Bonchev–Trinajstić information content (AvgIpc) is 2.99. The van der Waals surface area contributed by atoms with E-state index >= 15 is 0 Å². The van der Waals surface area contributed by atoms with Crippen LogP contribution in [-0.2, 0) is 4.79 Å². The van der Waals surface area contributed by atoms with Crippen LogP contribution < -0.4 is 0 Å². The summed E-state index contributed by atoms with van der Waals surface area (Å²) in [7, 11) is 0. The summed E-state index contributed by atoms with van der Waals surface area (Å²) in [5, 5.41) is 43.0. The average molecular weight is 423 g/mol. The zero-order valence-electron chi connectivity index (χ0n) is 19.1. The molecule has 12 atom stereocenters. The third-order valence-electron chi connectivity index (χ3n) is 10.6. The summed E-state index contributed by atoms with van der Waals surface area (Å²) in [5.74, 6) is 0.504. The Morgan fingerprint density at radius 1 is 1.07 bits per heavy atom. The summed E-state index contributed by atoms with van der Waals surface area (Å²) in [6.45, 7) is 8.79. The quantitative estimate of drug-likeness (QED) is 0.554. The molecule has 4 saturated carbocycles. The van der Waals surface area contributed by atoms with Crippen LogP contribution >= 0.6 is 0 Å². The third kappa shape index (κ3) is 3.17. The molecule has 4 rings (SSSR count). The number of carboxylic acid groups (broad SMARTS) is 1. The zero-order valence-corrected chi connectivity index (χ0v) is 19.1. The number of carbonyl (C=O) groups is 1. The van der Waals surface area contributed by atoms with Crippen molar-refractivity contribution < 1.29 is 25.2 Å². The van der Waals surface area contributed by atoms with E-state index in [4.69, 9.17) is 0 Å². The van der Waals surface area contributed by atoms with Gasteiger partial charge in [0.1, 0.15) is 0 Å². The Hall–Kier alpha value is -0.650. The lowest BCUT2D eigenvalue weighted by Gasteiger charge is -2.66. The van der Waals surface area contributed by atoms with Crippen molar-refractivity contribution in [3.05, 3.63) is 0 Å². The number of aliphatic hydroxyl groups is 3. The number of hydrogen-bond donors (Lipinski definition) is 4. The maximum atomic E-state index is 11.7. The van der Waals surface area contributed by atoms with Gasteiger partial charge in [0.05, 0.1) is 18.3 Å². The second-order valence-corrected chi connectivity index (χ2v) is 11.8. The highest BCUT2D eigenvalue weighted by Gasteiger charge is 2.67. The van der Waals surface area contributed by atoms with Crippen LogP contribution in [-0.4, -0.2) is 44.7 Å². The largest absolute Gasteiger partial charge is 0.481 e. The van der Waals surface area contributed by atoms with Gasteiger partial charge in [0, 0.05) is 6.42 Å². The van der Waals surface area contributed by atoms with Gasteiger partial charge in [-0.2, -0.15) is 0 Å². The summed E-state index contributed by atoms with van der Waals surface area (Å²) in [5.41, 5.74) is -0.165. The van der Waals surface area contributed by atoms with Crippen LogP contribution in [0.2, 0.25) is 0 Å². The number of aliphatic hydroxyl groups excluding tert-OH is 3. The number of rotatable bonds is 4. The Morgan fingerprint density at radius 3 is 2.40 bits per heavy atom. The van der Waals surface area contributed by atoms with E-state index in [0.29, 0.717) is 12.3 Å². The second kappa shape index (κ2) is 7.74. The normalized spacial score (nSPS) is 54.0. The molecule has 0 aliphatic heterocycles. The fourth-order valence-corrected chi connectivity index (χ4v) is 9.46. The molecule has 0 bridgehead atoms. The highest BCUT2D eigenvalue weighted by atomic mass is 16.4. The summed E-state index contributed by atoms with van der Waals surface area (Å²) in [4.78, 5) is 11.4. The van der Waals surface area contributed by atoms with Gasteiger partial charge in [0.25, 0.3) is 0 Å². The topological polar surface area (TPSA) is 98.0 Å². The van der Waals surface area contributed by atoms with Crippen molar-refractivity contribution in [2.75, 3.05) is 0 Å². The maximum Gasteiger partial charge on any atom is 0.303 e. The van der Waals surface area contributed by atoms with Crippen LogP contribution in [0.1, 0.15) is 79.1 Å². The van der Waals surface area contributed by atoms with E-state index in [1.165, 1.54) is 0 Å². The molecule has 4 N–H and O–H groups in total. The molecule has 0 aromatic rings. The smallest absolute Gasteiger partial charge is 0.303 e. The van der Waals surface area contributed by atoms with Gasteiger partial charge in [0.15, 0.2) is 0 Å². The summed E-state index contributed by atoms with van der Waals surface area (Å²) in [6, 6.07) is 0. The Bertz CT molecular complexity index is 666. The number of carboxylic acids is 1. The first kappa shape index (κ1) is 22.5.